The lowest BCUT2D eigenvalue weighted by Crippen LogP contribution is -2.46. The van der Waals surface area contributed by atoms with Gasteiger partial charge in [0.15, 0.2) is 0 Å². The fraction of sp³-hybridized carbons (Fsp3) is 0.222. The van der Waals surface area contributed by atoms with Gasteiger partial charge in [0.1, 0.15) is 18.1 Å². The summed E-state index contributed by atoms with van der Waals surface area (Å²) in [7, 11) is 2.87. The smallest absolute Gasteiger partial charge is 0.364 e. The number of ether oxygens (including phenoxy) is 4. The van der Waals surface area contributed by atoms with Crippen LogP contribution in [-0.4, -0.2) is 46.8 Å². The molecule has 10 heteroatoms. The van der Waals surface area contributed by atoms with E-state index in [1.54, 1.807) is 19.2 Å². The van der Waals surface area contributed by atoms with E-state index in [0.717, 1.165) is 33.6 Å². The van der Waals surface area contributed by atoms with Crippen LogP contribution in [0.15, 0.2) is 103 Å². The number of methoxy groups -OCH3 is 2. The van der Waals surface area contributed by atoms with Gasteiger partial charge in [0.05, 0.1) is 20.8 Å². The first-order valence-electron chi connectivity index (χ1n) is 14.8. The first-order chi connectivity index (χ1) is 22.3. The van der Waals surface area contributed by atoms with Gasteiger partial charge in [-0.25, -0.2) is 18.7 Å². The fourth-order valence-electron chi connectivity index (χ4n) is 5.39. The van der Waals surface area contributed by atoms with Gasteiger partial charge in [-0.05, 0) is 70.8 Å². The molecule has 0 aliphatic heterocycles. The summed E-state index contributed by atoms with van der Waals surface area (Å²) in [5.41, 5.74) is 2.62. The molecule has 5 aromatic rings. The Hall–Kier alpha value is -5.51. The van der Waals surface area contributed by atoms with Crippen LogP contribution in [0.25, 0.3) is 11.1 Å². The first kappa shape index (κ1) is 30.5. The second kappa shape index (κ2) is 13.2. The van der Waals surface area contributed by atoms with Crippen LogP contribution in [0, 0.1) is 0 Å². The molecular formula is C36H32FN3O6. The molecule has 1 aromatic heterocycles. The van der Waals surface area contributed by atoms with Crippen molar-refractivity contribution in [2.24, 2.45) is 0 Å². The molecule has 0 atom stereocenters. The molecule has 9 nitrogen and oxygen atoms in total. The summed E-state index contributed by atoms with van der Waals surface area (Å²) in [6.07, 6.45) is 0.201. The number of rotatable bonds is 11. The molecule has 0 bridgehead atoms. The second-order valence-corrected chi connectivity index (χ2v) is 11.1. The van der Waals surface area contributed by atoms with E-state index >= 15 is 4.39 Å². The number of carbonyl (C=O) groups is 2. The van der Waals surface area contributed by atoms with Gasteiger partial charge in [-0.15, -0.1) is 5.10 Å². The number of aromatic nitrogens is 3. The molecule has 234 valence electrons. The molecule has 46 heavy (non-hydrogen) atoms. The van der Waals surface area contributed by atoms with Gasteiger partial charge in [-0.1, -0.05) is 84.1 Å². The lowest BCUT2D eigenvalue weighted by molar-refractivity contribution is -0.167. The third-order valence-corrected chi connectivity index (χ3v) is 8.06. The maximum atomic E-state index is 15.2. The number of alkyl halides is 1. The molecular weight excluding hydrogens is 589 g/mol. The standard InChI is InChI=1S/C36H32FN3O6/c1-43-30-16-8-24(9-17-30)22-40-33(32(38-39-40)34(41)44-2)46-31-18-14-27(15-19-31)26-10-12-28(13-11-26)29-20-36(37,21-29)35(42)45-23-25-6-4-3-5-7-25/h3-19,29H,20-23H2,1-2H3. The van der Waals surface area contributed by atoms with Crippen LogP contribution in [0.3, 0.4) is 0 Å². The Balaban J connectivity index is 1.09. The highest BCUT2D eigenvalue weighted by Gasteiger charge is 2.52. The van der Waals surface area contributed by atoms with Crippen LogP contribution in [0.4, 0.5) is 4.39 Å². The van der Waals surface area contributed by atoms with Crippen LogP contribution < -0.4 is 9.47 Å². The van der Waals surface area contributed by atoms with Crippen LogP contribution in [0.2, 0.25) is 0 Å². The third-order valence-electron chi connectivity index (χ3n) is 8.06. The summed E-state index contributed by atoms with van der Waals surface area (Å²) in [4.78, 5) is 24.8. The summed E-state index contributed by atoms with van der Waals surface area (Å²) in [5.74, 6) is -0.146. The van der Waals surface area contributed by atoms with E-state index in [0.29, 0.717) is 12.3 Å². The van der Waals surface area contributed by atoms with Gasteiger partial charge in [0.25, 0.3) is 5.88 Å². The summed E-state index contributed by atoms with van der Waals surface area (Å²) >= 11 is 0. The largest absolute Gasteiger partial charge is 0.497 e. The minimum Gasteiger partial charge on any atom is -0.497 e. The van der Waals surface area contributed by atoms with E-state index in [9.17, 15) is 9.59 Å². The molecule has 1 heterocycles. The fourth-order valence-corrected chi connectivity index (χ4v) is 5.39. The summed E-state index contributed by atoms with van der Waals surface area (Å²) in [6.45, 7) is 0.373. The Morgan fingerprint density at radius 1 is 0.826 bits per heavy atom. The van der Waals surface area contributed by atoms with Gasteiger partial charge in [-0.2, -0.15) is 0 Å². The van der Waals surface area contributed by atoms with Gasteiger partial charge >= 0.3 is 11.9 Å². The maximum absolute atomic E-state index is 15.2. The molecule has 6 rings (SSSR count). The van der Waals surface area contributed by atoms with E-state index in [1.807, 2.05) is 91.0 Å². The number of halogens is 1. The van der Waals surface area contributed by atoms with Crippen molar-refractivity contribution in [1.29, 1.82) is 0 Å². The summed E-state index contributed by atoms with van der Waals surface area (Å²) in [6, 6.07) is 32.0. The van der Waals surface area contributed by atoms with Crippen molar-refractivity contribution in [2.75, 3.05) is 14.2 Å². The molecule has 1 saturated carbocycles. The van der Waals surface area contributed by atoms with E-state index in [2.05, 4.69) is 10.3 Å². The Bertz CT molecular complexity index is 1800. The van der Waals surface area contributed by atoms with Crippen molar-refractivity contribution in [2.45, 2.75) is 37.6 Å². The quantitative estimate of drug-likeness (QED) is 0.147. The number of benzene rings is 4. The molecule has 1 aliphatic rings. The Morgan fingerprint density at radius 2 is 1.46 bits per heavy atom. The van der Waals surface area contributed by atoms with Gasteiger partial charge < -0.3 is 18.9 Å². The predicted octanol–water partition coefficient (Wildman–Crippen LogP) is 6.91. The second-order valence-electron chi connectivity index (χ2n) is 11.1. The van der Waals surface area contributed by atoms with Crippen molar-refractivity contribution in [3.8, 4) is 28.5 Å². The topological polar surface area (TPSA) is 102 Å². The number of hydrogen-bond donors (Lipinski definition) is 0. The molecule has 0 saturated heterocycles. The number of hydrogen-bond acceptors (Lipinski definition) is 8. The first-order valence-corrected chi connectivity index (χ1v) is 14.8. The highest BCUT2D eigenvalue weighted by Crippen LogP contribution is 2.48. The minimum atomic E-state index is -1.96. The highest BCUT2D eigenvalue weighted by molar-refractivity contribution is 5.89. The highest BCUT2D eigenvalue weighted by atomic mass is 19.1. The minimum absolute atomic E-state index is 0.0339. The molecule has 4 aromatic carbocycles. The monoisotopic (exact) mass is 621 g/mol. The predicted molar refractivity (Wildman–Crippen MR) is 167 cm³/mol. The van der Waals surface area contributed by atoms with Crippen molar-refractivity contribution in [1.82, 2.24) is 15.0 Å². The lowest BCUT2D eigenvalue weighted by atomic mass is 9.69. The van der Waals surface area contributed by atoms with Crippen molar-refractivity contribution >= 4 is 11.9 Å². The van der Waals surface area contributed by atoms with E-state index in [4.69, 9.17) is 18.9 Å². The molecule has 0 unspecified atom stereocenters. The van der Waals surface area contributed by atoms with Crippen molar-refractivity contribution in [3.05, 3.63) is 126 Å². The van der Waals surface area contributed by atoms with Gasteiger partial charge in [-0.3, -0.25) is 0 Å². The van der Waals surface area contributed by atoms with Crippen LogP contribution in [0.1, 0.15) is 45.9 Å². The molecule has 0 spiro atoms. The average Bonchev–Trinajstić information content (AvgIpc) is 3.48. The van der Waals surface area contributed by atoms with E-state index < -0.39 is 17.6 Å². The number of carbonyl (C=O) groups excluding carboxylic acids is 2. The zero-order valence-electron chi connectivity index (χ0n) is 25.4. The van der Waals surface area contributed by atoms with Crippen LogP contribution >= 0.6 is 0 Å². The van der Waals surface area contributed by atoms with E-state index in [1.165, 1.54) is 11.8 Å². The molecule has 0 N–H and O–H groups in total. The zero-order chi connectivity index (χ0) is 32.1. The van der Waals surface area contributed by atoms with E-state index in [-0.39, 0.29) is 36.9 Å². The average molecular weight is 622 g/mol. The molecule has 1 aliphatic carbocycles. The summed E-state index contributed by atoms with van der Waals surface area (Å²) in [5, 5.41) is 8.11. The van der Waals surface area contributed by atoms with Crippen LogP contribution in [-0.2, 0) is 27.4 Å². The van der Waals surface area contributed by atoms with Gasteiger partial charge in [0, 0.05) is 0 Å². The zero-order valence-corrected chi connectivity index (χ0v) is 25.4. The SMILES string of the molecule is COC(=O)c1nnn(Cc2ccc(OC)cc2)c1Oc1ccc(-c2ccc(C3CC(F)(C(=O)OCc4ccccc4)C3)cc2)cc1. The van der Waals surface area contributed by atoms with Crippen LogP contribution in [0.5, 0.6) is 17.4 Å². The number of nitrogens with zero attached hydrogens (tertiary/aromatic N) is 3. The summed E-state index contributed by atoms with van der Waals surface area (Å²) < 4.78 is 38.1. The molecule has 0 amide bonds. The maximum Gasteiger partial charge on any atom is 0.364 e. The molecule has 1 fully saturated rings. The lowest BCUT2D eigenvalue weighted by Gasteiger charge is -2.39. The number of esters is 2. The van der Waals surface area contributed by atoms with Gasteiger partial charge in [0.2, 0.25) is 11.4 Å². The normalized spacial score (nSPS) is 17.1. The Morgan fingerprint density at radius 3 is 2.09 bits per heavy atom. The Kier molecular flexibility index (Phi) is 8.78. The Labute approximate surface area is 265 Å². The van der Waals surface area contributed by atoms with Crippen molar-refractivity contribution < 1.29 is 32.9 Å². The van der Waals surface area contributed by atoms with Crippen molar-refractivity contribution in [3.63, 3.8) is 0 Å². The molecule has 0 radical (unpaired) electrons. The third kappa shape index (κ3) is 6.61.